The summed E-state index contributed by atoms with van der Waals surface area (Å²) in [5.74, 6) is 1.07. The van der Waals surface area contributed by atoms with E-state index in [1.54, 1.807) is 23.8 Å². The molecule has 0 saturated heterocycles. The van der Waals surface area contributed by atoms with Crippen molar-refractivity contribution in [3.05, 3.63) is 48.0 Å². The number of nitrogens with zero attached hydrogens (tertiary/aromatic N) is 1. The number of para-hydroxylation sites is 1. The number of rotatable bonds is 8. The van der Waals surface area contributed by atoms with Crippen LogP contribution in [0.4, 0.5) is 5.69 Å². The van der Waals surface area contributed by atoms with Crippen molar-refractivity contribution in [1.82, 2.24) is 5.32 Å². The predicted octanol–water partition coefficient (Wildman–Crippen LogP) is 3.63. The van der Waals surface area contributed by atoms with Crippen molar-refractivity contribution in [2.75, 3.05) is 25.2 Å². The van der Waals surface area contributed by atoms with Crippen LogP contribution in [-0.2, 0) is 16.1 Å². The zero-order chi connectivity index (χ0) is 20.8. The summed E-state index contributed by atoms with van der Waals surface area (Å²) in [6.07, 6.45) is 0.724. The number of carbonyl (C=O) groups is 2. The van der Waals surface area contributed by atoms with Crippen LogP contribution < -0.4 is 19.7 Å². The molecule has 0 saturated carbocycles. The number of nitrogens with one attached hydrogen (secondary N) is 1. The van der Waals surface area contributed by atoms with Crippen molar-refractivity contribution < 1.29 is 19.1 Å². The van der Waals surface area contributed by atoms with E-state index < -0.39 is 0 Å². The fraction of sp³-hybridized carbons (Fsp3) is 0.364. The first-order valence-electron chi connectivity index (χ1n) is 9.70. The maximum absolute atomic E-state index is 12.8. The van der Waals surface area contributed by atoms with Gasteiger partial charge in [0.05, 0.1) is 24.7 Å². The van der Waals surface area contributed by atoms with E-state index in [0.29, 0.717) is 24.7 Å². The number of ether oxygens (including phenoxy) is 2. The molecular weight excluding hydrogens is 388 g/mol. The number of amides is 2. The standard InChI is InChI=1S/C22H26N2O4S/c1-4-19-22(26)24(16-8-6-7-9-20(16)29-19)14-21(25)23-13-15-10-11-17(28-5-2)18(12-15)27-3/h6-12,19H,4-5,13-14H2,1-3H3,(H,23,25)/t19-/m0/s1. The van der Waals surface area contributed by atoms with Crippen LogP contribution in [-0.4, -0.2) is 37.3 Å². The van der Waals surface area contributed by atoms with Crippen LogP contribution in [0.25, 0.3) is 0 Å². The SMILES string of the molecule is CCOc1ccc(CNC(=O)CN2C(=O)[C@H](CC)Sc3ccccc32)cc1OC. The van der Waals surface area contributed by atoms with E-state index in [1.807, 2.05) is 56.3 Å². The van der Waals surface area contributed by atoms with Gasteiger partial charge in [0, 0.05) is 11.4 Å². The number of hydrogen-bond acceptors (Lipinski definition) is 5. The highest BCUT2D eigenvalue weighted by molar-refractivity contribution is 8.01. The lowest BCUT2D eigenvalue weighted by Gasteiger charge is -2.32. The van der Waals surface area contributed by atoms with E-state index >= 15 is 0 Å². The third-order valence-electron chi connectivity index (χ3n) is 4.66. The lowest BCUT2D eigenvalue weighted by atomic mass is 10.2. The van der Waals surface area contributed by atoms with Gasteiger partial charge in [0.25, 0.3) is 0 Å². The van der Waals surface area contributed by atoms with Crippen LogP contribution in [0.5, 0.6) is 11.5 Å². The van der Waals surface area contributed by atoms with Gasteiger partial charge in [-0.25, -0.2) is 0 Å². The first-order valence-corrected chi connectivity index (χ1v) is 10.6. The third kappa shape index (κ3) is 4.85. The summed E-state index contributed by atoms with van der Waals surface area (Å²) in [6.45, 7) is 4.80. The highest BCUT2D eigenvalue weighted by Gasteiger charge is 2.33. The fourth-order valence-electron chi connectivity index (χ4n) is 3.19. The van der Waals surface area contributed by atoms with E-state index in [-0.39, 0.29) is 23.6 Å². The maximum atomic E-state index is 12.8. The number of benzene rings is 2. The molecule has 1 atom stereocenters. The minimum Gasteiger partial charge on any atom is -0.493 e. The number of carbonyl (C=O) groups excluding carboxylic acids is 2. The molecule has 1 aliphatic rings. The average Bonchev–Trinajstić information content (AvgIpc) is 2.74. The lowest BCUT2D eigenvalue weighted by molar-refractivity contribution is -0.123. The molecule has 0 radical (unpaired) electrons. The molecule has 0 spiro atoms. The van der Waals surface area contributed by atoms with Gasteiger partial charge in [0.1, 0.15) is 6.54 Å². The molecule has 2 amide bonds. The van der Waals surface area contributed by atoms with Crippen LogP contribution in [0, 0.1) is 0 Å². The minimum atomic E-state index is -0.206. The first kappa shape index (κ1) is 21.0. The van der Waals surface area contributed by atoms with Crippen molar-refractivity contribution in [3.63, 3.8) is 0 Å². The second-order valence-electron chi connectivity index (χ2n) is 6.60. The van der Waals surface area contributed by atoms with Crippen molar-refractivity contribution >= 4 is 29.3 Å². The summed E-state index contributed by atoms with van der Waals surface area (Å²) in [5, 5.41) is 2.74. The summed E-state index contributed by atoms with van der Waals surface area (Å²) in [7, 11) is 1.59. The second kappa shape index (κ2) is 9.69. The van der Waals surface area contributed by atoms with Crippen LogP contribution in [0.3, 0.4) is 0 Å². The van der Waals surface area contributed by atoms with Gasteiger partial charge in [-0.1, -0.05) is 25.1 Å². The Bertz CT molecular complexity index is 887. The molecule has 6 nitrogen and oxygen atoms in total. The Morgan fingerprint density at radius 1 is 1.17 bits per heavy atom. The Labute approximate surface area is 175 Å². The van der Waals surface area contributed by atoms with Crippen molar-refractivity contribution in [1.29, 1.82) is 0 Å². The molecule has 0 aliphatic carbocycles. The van der Waals surface area contributed by atoms with Gasteiger partial charge >= 0.3 is 0 Å². The molecule has 1 aliphatic heterocycles. The monoisotopic (exact) mass is 414 g/mol. The van der Waals surface area contributed by atoms with Gasteiger partial charge in [0.2, 0.25) is 11.8 Å². The van der Waals surface area contributed by atoms with Crippen molar-refractivity contribution in [3.8, 4) is 11.5 Å². The summed E-state index contributed by atoms with van der Waals surface area (Å²) in [6, 6.07) is 13.3. The Kier molecular flexibility index (Phi) is 7.04. The van der Waals surface area contributed by atoms with Gasteiger partial charge in [-0.2, -0.15) is 0 Å². The highest BCUT2D eigenvalue weighted by atomic mass is 32.2. The molecule has 1 N–H and O–H groups in total. The molecule has 2 aromatic carbocycles. The van der Waals surface area contributed by atoms with E-state index in [2.05, 4.69) is 5.32 Å². The Morgan fingerprint density at radius 2 is 1.97 bits per heavy atom. The molecular formula is C22H26N2O4S. The smallest absolute Gasteiger partial charge is 0.240 e. The van der Waals surface area contributed by atoms with Gasteiger partial charge in [-0.15, -0.1) is 11.8 Å². The van der Waals surface area contributed by atoms with Crippen molar-refractivity contribution in [2.45, 2.75) is 37.0 Å². The number of fused-ring (bicyclic) bond motifs is 1. The van der Waals surface area contributed by atoms with Gasteiger partial charge in [-0.05, 0) is 43.2 Å². The lowest BCUT2D eigenvalue weighted by Crippen LogP contribution is -2.46. The van der Waals surface area contributed by atoms with Crippen LogP contribution in [0.15, 0.2) is 47.4 Å². The molecule has 7 heteroatoms. The number of anilines is 1. The third-order valence-corrected chi connectivity index (χ3v) is 6.08. The van der Waals surface area contributed by atoms with Gasteiger partial charge in [-0.3, -0.25) is 9.59 Å². The summed E-state index contributed by atoms with van der Waals surface area (Å²) < 4.78 is 10.9. The van der Waals surface area contributed by atoms with Gasteiger partial charge in [0.15, 0.2) is 11.5 Å². The van der Waals surface area contributed by atoms with Gasteiger partial charge < -0.3 is 19.7 Å². The quantitative estimate of drug-likeness (QED) is 0.715. The Balaban J connectivity index is 1.67. The maximum Gasteiger partial charge on any atom is 0.240 e. The first-order chi connectivity index (χ1) is 14.1. The molecule has 0 bridgehead atoms. The zero-order valence-electron chi connectivity index (χ0n) is 16.9. The second-order valence-corrected chi connectivity index (χ2v) is 7.85. The van der Waals surface area contributed by atoms with E-state index in [4.69, 9.17) is 9.47 Å². The van der Waals surface area contributed by atoms with Crippen LogP contribution in [0.2, 0.25) is 0 Å². The fourth-order valence-corrected chi connectivity index (χ4v) is 4.35. The topological polar surface area (TPSA) is 67.9 Å². The number of thioether (sulfide) groups is 1. The molecule has 0 fully saturated rings. The highest BCUT2D eigenvalue weighted by Crippen LogP contribution is 2.39. The molecule has 2 aromatic rings. The Hall–Kier alpha value is -2.67. The molecule has 0 aromatic heterocycles. The largest absolute Gasteiger partial charge is 0.493 e. The van der Waals surface area contributed by atoms with Crippen LogP contribution in [0.1, 0.15) is 25.8 Å². The molecule has 29 heavy (non-hydrogen) atoms. The number of methoxy groups -OCH3 is 1. The summed E-state index contributed by atoms with van der Waals surface area (Å²) >= 11 is 1.57. The molecule has 1 heterocycles. The normalized spacial score (nSPS) is 15.6. The number of hydrogen-bond donors (Lipinski definition) is 1. The Morgan fingerprint density at radius 3 is 2.69 bits per heavy atom. The zero-order valence-corrected chi connectivity index (χ0v) is 17.8. The van der Waals surface area contributed by atoms with Crippen LogP contribution >= 0.6 is 11.8 Å². The van der Waals surface area contributed by atoms with Crippen molar-refractivity contribution in [2.24, 2.45) is 0 Å². The minimum absolute atomic E-state index is 0.00106. The predicted molar refractivity (Wildman–Crippen MR) is 115 cm³/mol. The van der Waals surface area contributed by atoms with E-state index in [1.165, 1.54) is 0 Å². The molecule has 0 unspecified atom stereocenters. The summed E-state index contributed by atoms with van der Waals surface area (Å²) in [4.78, 5) is 28.0. The van der Waals surface area contributed by atoms with E-state index in [9.17, 15) is 9.59 Å². The molecule has 3 rings (SSSR count). The summed E-state index contributed by atoms with van der Waals surface area (Å²) in [5.41, 5.74) is 1.69. The van der Waals surface area contributed by atoms with E-state index in [0.717, 1.165) is 22.6 Å². The average molecular weight is 415 g/mol. The molecule has 154 valence electrons.